The fraction of sp³-hybridized carbons (Fsp3) is 0.176. The van der Waals surface area contributed by atoms with E-state index in [1.54, 1.807) is 24.3 Å². The van der Waals surface area contributed by atoms with Gasteiger partial charge in [-0.2, -0.15) is 13.2 Å². The van der Waals surface area contributed by atoms with E-state index in [0.29, 0.717) is 11.1 Å². The molecule has 3 nitrogen and oxygen atoms in total. The summed E-state index contributed by atoms with van der Waals surface area (Å²) in [6, 6.07) is 9.54. The van der Waals surface area contributed by atoms with Crippen LogP contribution in [0.3, 0.4) is 0 Å². The van der Waals surface area contributed by atoms with Crippen LogP contribution in [-0.4, -0.2) is 21.5 Å². The molecule has 0 spiro atoms. The summed E-state index contributed by atoms with van der Waals surface area (Å²) >= 11 is 15.3. The molecule has 3 aromatic rings. The molecule has 9 heteroatoms. The van der Waals surface area contributed by atoms with Crippen LogP contribution in [0.15, 0.2) is 40.9 Å². The summed E-state index contributed by atoms with van der Waals surface area (Å²) in [5.74, 6) is -0.631. The molecular weight excluding hydrogens is 456 g/mol. The molecule has 0 unspecified atom stereocenters. The molecule has 0 aliphatic rings. The van der Waals surface area contributed by atoms with Crippen LogP contribution in [0.5, 0.6) is 0 Å². The normalized spacial score (nSPS) is 11.9. The smallest absolute Gasteiger partial charge is 0.320 e. The van der Waals surface area contributed by atoms with Gasteiger partial charge in [0, 0.05) is 10.0 Å². The fourth-order valence-corrected chi connectivity index (χ4v) is 3.16. The number of rotatable bonds is 4. The highest BCUT2D eigenvalue weighted by molar-refractivity contribution is 9.10. The highest BCUT2D eigenvalue weighted by Crippen LogP contribution is 2.32. The van der Waals surface area contributed by atoms with Gasteiger partial charge in [-0.3, -0.25) is 4.79 Å². The Kier molecular flexibility index (Phi) is 5.33. The van der Waals surface area contributed by atoms with Gasteiger partial charge >= 0.3 is 6.18 Å². The van der Waals surface area contributed by atoms with Crippen molar-refractivity contribution in [1.82, 2.24) is 9.55 Å². The summed E-state index contributed by atoms with van der Waals surface area (Å²) in [7, 11) is 0. The number of nitrogens with zero attached hydrogens (tertiary/aromatic N) is 2. The maximum atomic E-state index is 12.9. The molecule has 0 fully saturated rings. The van der Waals surface area contributed by atoms with Gasteiger partial charge < -0.3 is 4.57 Å². The Labute approximate surface area is 164 Å². The Morgan fingerprint density at radius 3 is 2.38 bits per heavy atom. The third kappa shape index (κ3) is 4.05. The number of alkyl halides is 3. The van der Waals surface area contributed by atoms with Crippen LogP contribution in [0.1, 0.15) is 16.2 Å². The molecule has 1 heterocycles. The molecule has 0 aliphatic heterocycles. The average Bonchev–Trinajstić information content (AvgIpc) is 2.88. The van der Waals surface area contributed by atoms with Gasteiger partial charge in [0.05, 0.1) is 22.1 Å². The second-order valence-corrected chi connectivity index (χ2v) is 7.27. The van der Waals surface area contributed by atoms with Gasteiger partial charge in [-0.25, -0.2) is 4.98 Å². The molecule has 136 valence electrons. The average molecular weight is 466 g/mol. The van der Waals surface area contributed by atoms with Crippen LogP contribution in [-0.2, 0) is 13.0 Å². The quantitative estimate of drug-likeness (QED) is 0.437. The highest BCUT2D eigenvalue weighted by atomic mass is 79.9. The van der Waals surface area contributed by atoms with Crippen molar-refractivity contribution in [3.8, 4) is 0 Å². The lowest BCUT2D eigenvalue weighted by Crippen LogP contribution is -2.19. The molecule has 0 aliphatic carbocycles. The van der Waals surface area contributed by atoms with Crippen molar-refractivity contribution >= 4 is 55.9 Å². The first-order valence-electron chi connectivity index (χ1n) is 7.34. The number of halogens is 6. The second-order valence-electron chi connectivity index (χ2n) is 5.57. The van der Waals surface area contributed by atoms with E-state index in [9.17, 15) is 18.0 Å². The van der Waals surface area contributed by atoms with Gasteiger partial charge in [-0.15, -0.1) is 0 Å². The van der Waals surface area contributed by atoms with Crippen LogP contribution in [0.4, 0.5) is 13.2 Å². The summed E-state index contributed by atoms with van der Waals surface area (Å²) in [5, 5.41) is 0.240. The van der Waals surface area contributed by atoms with Crippen molar-refractivity contribution in [3.05, 3.63) is 62.3 Å². The topological polar surface area (TPSA) is 34.9 Å². The van der Waals surface area contributed by atoms with E-state index in [1.165, 1.54) is 16.7 Å². The Balaban J connectivity index is 2.07. The highest BCUT2D eigenvalue weighted by Gasteiger charge is 2.32. The zero-order valence-electron chi connectivity index (χ0n) is 12.9. The molecule has 2 aromatic carbocycles. The summed E-state index contributed by atoms with van der Waals surface area (Å²) in [6.45, 7) is -0.290. The van der Waals surface area contributed by atoms with Crippen LogP contribution >= 0.6 is 39.1 Å². The van der Waals surface area contributed by atoms with Gasteiger partial charge in [-0.1, -0.05) is 51.3 Å². The molecule has 3 rings (SSSR count). The zero-order valence-corrected chi connectivity index (χ0v) is 16.0. The van der Waals surface area contributed by atoms with Crippen molar-refractivity contribution in [2.24, 2.45) is 0 Å². The van der Waals surface area contributed by atoms with Gasteiger partial charge in [0.25, 0.3) is 0 Å². The lowest BCUT2D eigenvalue weighted by Gasteiger charge is -2.11. The van der Waals surface area contributed by atoms with Gasteiger partial charge in [0.1, 0.15) is 17.8 Å². The summed E-state index contributed by atoms with van der Waals surface area (Å²) in [6.07, 6.45) is -5.75. The Morgan fingerprint density at radius 2 is 1.77 bits per heavy atom. The third-order valence-corrected chi connectivity index (χ3v) is 5.04. The van der Waals surface area contributed by atoms with E-state index >= 15 is 0 Å². The summed E-state index contributed by atoms with van der Waals surface area (Å²) < 4.78 is 40.8. The number of benzene rings is 2. The lowest BCUT2D eigenvalue weighted by atomic mass is 10.1. The van der Waals surface area contributed by atoms with Crippen molar-refractivity contribution < 1.29 is 18.0 Å². The standard InChI is InChI=1S/C17H10BrCl2F3N2O/c18-10-3-1-9(2-4-10)13(26)8-25-12-6-5-11(19)15(20)16(12)24-14(25)7-17(21,22)23/h1-6H,7-8H2. The number of fused-ring (bicyclic) bond motifs is 1. The van der Waals surface area contributed by atoms with Crippen molar-refractivity contribution in [1.29, 1.82) is 0 Å². The number of carbonyl (C=O) groups is 1. The Morgan fingerprint density at radius 1 is 1.12 bits per heavy atom. The van der Waals surface area contributed by atoms with E-state index in [1.807, 2.05) is 0 Å². The molecule has 0 N–H and O–H groups in total. The van der Waals surface area contributed by atoms with Gasteiger partial charge in [0.15, 0.2) is 5.78 Å². The zero-order chi connectivity index (χ0) is 19.1. The van der Waals surface area contributed by atoms with Crippen molar-refractivity contribution in [3.63, 3.8) is 0 Å². The molecule has 26 heavy (non-hydrogen) atoms. The minimum absolute atomic E-state index is 0.0578. The number of imidazole rings is 1. The first kappa shape index (κ1) is 19.2. The Hall–Kier alpha value is -1.57. The molecule has 0 atom stereocenters. The summed E-state index contributed by atoms with van der Waals surface area (Å²) in [5.41, 5.74) is 0.846. The molecular formula is C17H10BrCl2F3N2O. The molecule has 0 radical (unpaired) electrons. The van der Waals surface area contributed by atoms with Gasteiger partial charge in [-0.05, 0) is 24.3 Å². The minimum atomic E-state index is -4.48. The van der Waals surface area contributed by atoms with Crippen molar-refractivity contribution in [2.75, 3.05) is 0 Å². The molecule has 1 aromatic heterocycles. The number of hydrogen-bond acceptors (Lipinski definition) is 2. The fourth-order valence-electron chi connectivity index (χ4n) is 2.54. The van der Waals surface area contributed by atoms with Gasteiger partial charge in [0.2, 0.25) is 0 Å². The summed E-state index contributed by atoms with van der Waals surface area (Å²) in [4.78, 5) is 16.5. The van der Waals surface area contributed by atoms with E-state index in [-0.39, 0.29) is 33.7 Å². The van der Waals surface area contributed by atoms with Crippen LogP contribution < -0.4 is 0 Å². The first-order valence-corrected chi connectivity index (χ1v) is 8.89. The number of Topliss-reactive ketones (excluding diaryl/α,β-unsaturated/α-hetero) is 1. The van der Waals surface area contributed by atoms with Crippen LogP contribution in [0, 0.1) is 0 Å². The predicted octanol–water partition coefficient (Wildman–Crippen LogP) is 6.09. The monoisotopic (exact) mass is 464 g/mol. The molecule has 0 saturated heterocycles. The SMILES string of the molecule is O=C(Cn1c(CC(F)(F)F)nc2c(Cl)c(Cl)ccc21)c1ccc(Br)cc1. The van der Waals surface area contributed by atoms with Crippen LogP contribution in [0.2, 0.25) is 10.0 Å². The Bertz CT molecular complexity index is 984. The molecule has 0 bridgehead atoms. The maximum absolute atomic E-state index is 12.9. The molecule has 0 saturated carbocycles. The molecule has 0 amide bonds. The number of ketones is 1. The first-order chi connectivity index (χ1) is 12.2. The predicted molar refractivity (Wildman–Crippen MR) is 98.0 cm³/mol. The second kappa shape index (κ2) is 7.21. The van der Waals surface area contributed by atoms with E-state index in [0.717, 1.165) is 4.47 Å². The van der Waals surface area contributed by atoms with Crippen molar-refractivity contribution in [2.45, 2.75) is 19.1 Å². The minimum Gasteiger partial charge on any atom is -0.320 e. The number of aromatic nitrogens is 2. The van der Waals surface area contributed by atoms with E-state index in [4.69, 9.17) is 23.2 Å². The van der Waals surface area contributed by atoms with E-state index in [2.05, 4.69) is 20.9 Å². The third-order valence-electron chi connectivity index (χ3n) is 3.72. The largest absolute Gasteiger partial charge is 0.396 e. The maximum Gasteiger partial charge on any atom is 0.396 e. The number of carbonyl (C=O) groups excluding carboxylic acids is 1. The van der Waals surface area contributed by atoms with Crippen LogP contribution in [0.25, 0.3) is 11.0 Å². The van der Waals surface area contributed by atoms with E-state index < -0.39 is 12.6 Å². The number of hydrogen-bond donors (Lipinski definition) is 0. The lowest BCUT2D eigenvalue weighted by molar-refractivity contribution is -0.128.